The fourth-order valence-electron chi connectivity index (χ4n) is 2.10. The molecule has 0 aliphatic heterocycles. The third-order valence-corrected chi connectivity index (χ3v) is 3.17. The van der Waals surface area contributed by atoms with Crippen molar-refractivity contribution in [1.82, 2.24) is 14.6 Å². The van der Waals surface area contributed by atoms with Gasteiger partial charge in [0.15, 0.2) is 5.65 Å². The van der Waals surface area contributed by atoms with Crippen LogP contribution in [0.2, 0.25) is 5.02 Å². The Labute approximate surface area is 113 Å². The number of hydrogen-bond donors (Lipinski definition) is 2. The molecule has 3 N–H and O–H groups in total. The van der Waals surface area contributed by atoms with E-state index in [0.717, 1.165) is 16.3 Å². The Morgan fingerprint density at radius 2 is 2.26 bits per heavy atom. The smallest absolute Gasteiger partial charge is 0.327 e. The predicted molar refractivity (Wildman–Crippen MR) is 76.4 cm³/mol. The first-order valence-corrected chi connectivity index (χ1v) is 6.14. The van der Waals surface area contributed by atoms with Gasteiger partial charge in [-0.05, 0) is 23.1 Å². The minimum atomic E-state index is -0.278. The molecule has 0 fully saturated rings. The molecule has 5 nitrogen and oxygen atoms in total. The van der Waals surface area contributed by atoms with E-state index in [1.165, 1.54) is 4.40 Å². The van der Waals surface area contributed by atoms with Crippen molar-refractivity contribution in [3.8, 4) is 0 Å². The quantitative estimate of drug-likeness (QED) is 0.748. The van der Waals surface area contributed by atoms with E-state index < -0.39 is 0 Å². The third kappa shape index (κ3) is 1.93. The SMILES string of the molecule is NC/C=C/c1cn2c(=O)[nH]nc2c2cc(Cl)ccc12. The number of hydrogen-bond acceptors (Lipinski definition) is 3. The molecule has 3 rings (SSSR count). The molecule has 3 aromatic rings. The van der Waals surface area contributed by atoms with Gasteiger partial charge >= 0.3 is 5.69 Å². The Balaban J connectivity index is 2.49. The van der Waals surface area contributed by atoms with Crippen molar-refractivity contribution >= 4 is 34.1 Å². The number of pyridine rings is 1. The molecule has 0 unspecified atom stereocenters. The van der Waals surface area contributed by atoms with Gasteiger partial charge in [0.05, 0.1) is 0 Å². The summed E-state index contributed by atoms with van der Waals surface area (Å²) in [4.78, 5) is 11.7. The van der Waals surface area contributed by atoms with Crippen molar-refractivity contribution in [2.75, 3.05) is 6.54 Å². The van der Waals surface area contributed by atoms with Gasteiger partial charge < -0.3 is 5.73 Å². The van der Waals surface area contributed by atoms with Crippen LogP contribution in [0.4, 0.5) is 0 Å². The molecule has 0 aliphatic carbocycles. The lowest BCUT2D eigenvalue weighted by Gasteiger charge is -2.05. The molecule has 0 aliphatic rings. The maximum atomic E-state index is 11.7. The summed E-state index contributed by atoms with van der Waals surface area (Å²) in [5.74, 6) is 0. The van der Waals surface area contributed by atoms with Gasteiger partial charge in [-0.25, -0.2) is 14.3 Å². The molecule has 6 heteroatoms. The zero-order valence-corrected chi connectivity index (χ0v) is 10.7. The van der Waals surface area contributed by atoms with E-state index in [1.54, 1.807) is 12.3 Å². The summed E-state index contributed by atoms with van der Waals surface area (Å²) < 4.78 is 1.47. The largest absolute Gasteiger partial charge is 0.347 e. The first-order valence-electron chi connectivity index (χ1n) is 5.76. The molecule has 96 valence electrons. The minimum Gasteiger partial charge on any atom is -0.327 e. The Bertz CT molecular complexity index is 847. The molecule has 0 radical (unpaired) electrons. The summed E-state index contributed by atoms with van der Waals surface area (Å²) in [6.45, 7) is 0.438. The number of halogens is 1. The van der Waals surface area contributed by atoms with Crippen LogP contribution in [-0.4, -0.2) is 21.1 Å². The number of rotatable bonds is 2. The predicted octanol–water partition coefficient (Wildman–Crippen LogP) is 1.80. The lowest BCUT2D eigenvalue weighted by molar-refractivity contribution is 1.02. The highest BCUT2D eigenvalue weighted by molar-refractivity contribution is 6.31. The lowest BCUT2D eigenvalue weighted by Crippen LogP contribution is -2.09. The molecule has 0 spiro atoms. The lowest BCUT2D eigenvalue weighted by atomic mass is 10.1. The molecule has 0 atom stereocenters. The Kier molecular flexibility index (Phi) is 2.85. The first kappa shape index (κ1) is 12.0. The second kappa shape index (κ2) is 4.53. The van der Waals surface area contributed by atoms with Gasteiger partial charge in [-0.3, -0.25) is 0 Å². The number of aromatic amines is 1. The fraction of sp³-hybridized carbons (Fsp3) is 0.0769. The van der Waals surface area contributed by atoms with Gasteiger partial charge in [-0.2, -0.15) is 5.10 Å². The highest BCUT2D eigenvalue weighted by Gasteiger charge is 2.09. The van der Waals surface area contributed by atoms with Crippen molar-refractivity contribution in [2.45, 2.75) is 0 Å². The van der Waals surface area contributed by atoms with Gasteiger partial charge in [0.1, 0.15) is 0 Å². The Morgan fingerprint density at radius 1 is 1.42 bits per heavy atom. The van der Waals surface area contributed by atoms with E-state index >= 15 is 0 Å². The maximum absolute atomic E-state index is 11.7. The fourth-order valence-corrected chi connectivity index (χ4v) is 2.28. The van der Waals surface area contributed by atoms with Crippen molar-refractivity contribution in [1.29, 1.82) is 0 Å². The van der Waals surface area contributed by atoms with E-state index in [1.807, 2.05) is 24.3 Å². The normalized spacial score (nSPS) is 11.9. The summed E-state index contributed by atoms with van der Waals surface area (Å²) in [5, 5.41) is 8.86. The van der Waals surface area contributed by atoms with Crippen LogP contribution >= 0.6 is 11.6 Å². The van der Waals surface area contributed by atoms with Crippen molar-refractivity contribution in [3.63, 3.8) is 0 Å². The summed E-state index contributed by atoms with van der Waals surface area (Å²) in [6, 6.07) is 5.52. The standard InChI is InChI=1S/C13H11ClN4O/c14-9-3-4-10-8(2-1-5-15)7-18-12(11(10)6-9)16-17-13(18)19/h1-4,6-7H,5,15H2,(H,17,19)/b2-1+. The van der Waals surface area contributed by atoms with Crippen LogP contribution in [0.5, 0.6) is 0 Å². The van der Waals surface area contributed by atoms with Gasteiger partial charge in [-0.15, -0.1) is 0 Å². The molecular formula is C13H11ClN4O. The van der Waals surface area contributed by atoms with Crippen LogP contribution in [0.25, 0.3) is 22.5 Å². The first-order chi connectivity index (χ1) is 9.20. The number of benzene rings is 1. The van der Waals surface area contributed by atoms with E-state index in [2.05, 4.69) is 10.2 Å². The zero-order valence-electron chi connectivity index (χ0n) is 9.93. The zero-order chi connectivity index (χ0) is 13.4. The molecule has 0 amide bonds. The number of fused-ring (bicyclic) bond motifs is 3. The maximum Gasteiger partial charge on any atom is 0.347 e. The third-order valence-electron chi connectivity index (χ3n) is 2.94. The second-order valence-corrected chi connectivity index (χ2v) is 4.57. The summed E-state index contributed by atoms with van der Waals surface area (Å²) >= 11 is 6.02. The van der Waals surface area contributed by atoms with Crippen molar-refractivity contribution < 1.29 is 0 Å². The van der Waals surface area contributed by atoms with Crippen molar-refractivity contribution in [2.24, 2.45) is 5.73 Å². The van der Waals surface area contributed by atoms with E-state index in [0.29, 0.717) is 17.2 Å². The molecule has 2 aromatic heterocycles. The molecule has 0 saturated heterocycles. The number of nitrogens with zero attached hydrogens (tertiary/aromatic N) is 2. The van der Waals surface area contributed by atoms with E-state index in [-0.39, 0.29) is 5.69 Å². The average Bonchev–Trinajstić information content (AvgIpc) is 2.78. The van der Waals surface area contributed by atoms with Crippen LogP contribution in [0.1, 0.15) is 5.56 Å². The molecule has 19 heavy (non-hydrogen) atoms. The molecule has 2 heterocycles. The topological polar surface area (TPSA) is 76.2 Å². The van der Waals surface area contributed by atoms with Crippen LogP contribution in [0.15, 0.2) is 35.3 Å². The van der Waals surface area contributed by atoms with Gasteiger partial charge in [-0.1, -0.05) is 29.8 Å². The molecule has 0 saturated carbocycles. The monoisotopic (exact) mass is 274 g/mol. The highest BCUT2D eigenvalue weighted by atomic mass is 35.5. The van der Waals surface area contributed by atoms with Gasteiger partial charge in [0.25, 0.3) is 0 Å². The van der Waals surface area contributed by atoms with Crippen LogP contribution in [0.3, 0.4) is 0 Å². The van der Waals surface area contributed by atoms with E-state index in [9.17, 15) is 4.79 Å². The van der Waals surface area contributed by atoms with Gasteiger partial charge in [0, 0.05) is 23.2 Å². The van der Waals surface area contributed by atoms with Gasteiger partial charge in [0.2, 0.25) is 0 Å². The van der Waals surface area contributed by atoms with Crippen molar-refractivity contribution in [3.05, 3.63) is 51.5 Å². The summed E-state index contributed by atoms with van der Waals surface area (Å²) in [7, 11) is 0. The summed E-state index contributed by atoms with van der Waals surface area (Å²) in [5.41, 5.74) is 6.65. The Morgan fingerprint density at radius 3 is 3.05 bits per heavy atom. The van der Waals surface area contributed by atoms with Crippen LogP contribution < -0.4 is 11.4 Å². The minimum absolute atomic E-state index is 0.278. The molecule has 0 bridgehead atoms. The number of H-pyrrole nitrogens is 1. The van der Waals surface area contributed by atoms with E-state index in [4.69, 9.17) is 17.3 Å². The second-order valence-electron chi connectivity index (χ2n) is 4.13. The average molecular weight is 275 g/mol. The molecular weight excluding hydrogens is 264 g/mol. The number of nitrogens with two attached hydrogens (primary N) is 1. The van der Waals surface area contributed by atoms with Crippen LogP contribution in [0, 0.1) is 0 Å². The van der Waals surface area contributed by atoms with Crippen LogP contribution in [-0.2, 0) is 0 Å². The number of nitrogens with one attached hydrogen (secondary N) is 1. The molecule has 1 aromatic carbocycles. The summed E-state index contributed by atoms with van der Waals surface area (Å²) in [6.07, 6.45) is 5.46. The number of aromatic nitrogens is 3. The Hall–Kier alpha value is -2.11. The highest BCUT2D eigenvalue weighted by Crippen LogP contribution is 2.25.